The summed E-state index contributed by atoms with van der Waals surface area (Å²) in [6.45, 7) is 5.98. The molecule has 0 aliphatic heterocycles. The van der Waals surface area contributed by atoms with Crippen LogP contribution in [0.3, 0.4) is 0 Å². The fraction of sp³-hybridized carbons (Fsp3) is 0.312. The molecule has 0 aliphatic carbocycles. The van der Waals surface area contributed by atoms with Crippen molar-refractivity contribution in [1.82, 2.24) is 0 Å². The van der Waals surface area contributed by atoms with Crippen molar-refractivity contribution in [2.45, 2.75) is 27.2 Å². The molecule has 0 saturated heterocycles. The van der Waals surface area contributed by atoms with Gasteiger partial charge in [0.1, 0.15) is 5.58 Å². The molecule has 2 aromatic rings. The normalized spacial score (nSPS) is 10.5. The lowest BCUT2D eigenvalue weighted by Gasteiger charge is -1.96. The molecule has 19 heavy (non-hydrogen) atoms. The number of carboxylic acid groups (broad SMARTS) is 1. The first kappa shape index (κ1) is 13.2. The van der Waals surface area contributed by atoms with Gasteiger partial charge in [-0.15, -0.1) is 0 Å². The second-order valence-electron chi connectivity index (χ2n) is 4.94. The van der Waals surface area contributed by atoms with Crippen molar-refractivity contribution in [3.05, 3.63) is 35.1 Å². The van der Waals surface area contributed by atoms with Crippen LogP contribution in [0.2, 0.25) is 0 Å². The second-order valence-corrected chi connectivity index (χ2v) is 4.94. The van der Waals surface area contributed by atoms with Crippen molar-refractivity contribution < 1.29 is 14.3 Å². The van der Waals surface area contributed by atoms with E-state index in [4.69, 9.17) is 9.52 Å². The third-order valence-corrected chi connectivity index (χ3v) is 2.88. The highest BCUT2D eigenvalue weighted by molar-refractivity contribution is 5.97. The van der Waals surface area contributed by atoms with Gasteiger partial charge in [0.2, 0.25) is 5.76 Å². The molecule has 0 aliphatic rings. The highest BCUT2D eigenvalue weighted by Crippen LogP contribution is 2.28. The summed E-state index contributed by atoms with van der Waals surface area (Å²) in [4.78, 5) is 11.1. The summed E-state index contributed by atoms with van der Waals surface area (Å²) in [5, 5.41) is 9.88. The van der Waals surface area contributed by atoms with Crippen molar-refractivity contribution in [2.24, 2.45) is 5.92 Å². The minimum absolute atomic E-state index is 0.00638. The van der Waals surface area contributed by atoms with Gasteiger partial charge < -0.3 is 9.52 Å². The van der Waals surface area contributed by atoms with Crippen LogP contribution in [0.15, 0.2) is 22.6 Å². The lowest BCUT2D eigenvalue weighted by atomic mass is 10.0. The average Bonchev–Trinajstić information content (AvgIpc) is 2.67. The summed E-state index contributed by atoms with van der Waals surface area (Å²) < 4.78 is 5.36. The quantitative estimate of drug-likeness (QED) is 0.830. The lowest BCUT2D eigenvalue weighted by Crippen LogP contribution is -1.95. The molecule has 1 aromatic carbocycles. The number of fused-ring (bicyclic) bond motifs is 1. The Kier molecular flexibility index (Phi) is 3.62. The highest BCUT2D eigenvalue weighted by Gasteiger charge is 2.17. The van der Waals surface area contributed by atoms with E-state index in [-0.39, 0.29) is 5.76 Å². The number of aryl methyl sites for hydroxylation is 1. The van der Waals surface area contributed by atoms with Gasteiger partial charge in [-0.1, -0.05) is 31.8 Å². The van der Waals surface area contributed by atoms with Gasteiger partial charge >= 0.3 is 5.97 Å². The van der Waals surface area contributed by atoms with Gasteiger partial charge in [-0.25, -0.2) is 4.79 Å². The molecule has 0 amide bonds. The third kappa shape index (κ3) is 2.63. The van der Waals surface area contributed by atoms with Gasteiger partial charge in [0.25, 0.3) is 0 Å². The molecule has 1 N–H and O–H groups in total. The lowest BCUT2D eigenvalue weighted by molar-refractivity contribution is 0.0664. The molecule has 2 rings (SSSR count). The summed E-state index contributed by atoms with van der Waals surface area (Å²) in [6, 6.07) is 5.49. The predicted octanol–water partition coefficient (Wildman–Crippen LogP) is 3.84. The van der Waals surface area contributed by atoms with E-state index in [1.807, 2.05) is 12.1 Å². The number of benzene rings is 1. The smallest absolute Gasteiger partial charge is 0.372 e. The largest absolute Gasteiger partial charge is 0.475 e. The van der Waals surface area contributed by atoms with E-state index in [9.17, 15) is 4.79 Å². The minimum atomic E-state index is -1.05. The Labute approximate surface area is 112 Å². The molecule has 3 heteroatoms. The van der Waals surface area contributed by atoms with Gasteiger partial charge in [0.05, 0.1) is 0 Å². The molecular formula is C16H16O3. The summed E-state index contributed by atoms with van der Waals surface area (Å²) >= 11 is 0. The molecule has 0 spiro atoms. The van der Waals surface area contributed by atoms with Crippen LogP contribution in [-0.4, -0.2) is 11.1 Å². The fourth-order valence-electron chi connectivity index (χ4n) is 1.96. The summed E-state index contributed by atoms with van der Waals surface area (Å²) in [7, 11) is 0. The first-order chi connectivity index (χ1) is 9.00. The van der Waals surface area contributed by atoms with Gasteiger partial charge in [-0.2, -0.15) is 0 Å². The fourth-order valence-corrected chi connectivity index (χ4v) is 1.96. The van der Waals surface area contributed by atoms with Crippen molar-refractivity contribution >= 4 is 16.9 Å². The number of hydrogen-bond acceptors (Lipinski definition) is 2. The first-order valence-corrected chi connectivity index (χ1v) is 6.25. The monoisotopic (exact) mass is 256 g/mol. The molecule has 1 aromatic heterocycles. The first-order valence-electron chi connectivity index (χ1n) is 6.25. The molecule has 0 bridgehead atoms. The maximum Gasteiger partial charge on any atom is 0.372 e. The number of aromatic carboxylic acids is 1. The molecule has 98 valence electrons. The third-order valence-electron chi connectivity index (χ3n) is 2.88. The van der Waals surface area contributed by atoms with Crippen molar-refractivity contribution in [3.63, 3.8) is 0 Å². The number of rotatable bonds is 2. The Balaban J connectivity index is 2.55. The Morgan fingerprint density at radius 2 is 2.16 bits per heavy atom. The number of hydrogen-bond donors (Lipinski definition) is 1. The molecule has 0 saturated carbocycles. The molecule has 3 nitrogen and oxygen atoms in total. The van der Waals surface area contributed by atoms with Crippen molar-refractivity contribution in [3.8, 4) is 11.8 Å². The van der Waals surface area contributed by atoms with Crippen LogP contribution < -0.4 is 0 Å². The molecule has 0 unspecified atom stereocenters. The van der Waals surface area contributed by atoms with E-state index in [0.717, 1.165) is 17.4 Å². The van der Waals surface area contributed by atoms with Crippen LogP contribution in [-0.2, 0) is 0 Å². The maximum absolute atomic E-state index is 11.1. The van der Waals surface area contributed by atoms with Crippen LogP contribution in [0.5, 0.6) is 0 Å². The van der Waals surface area contributed by atoms with E-state index in [2.05, 4.69) is 25.7 Å². The van der Waals surface area contributed by atoms with E-state index in [1.54, 1.807) is 13.0 Å². The predicted molar refractivity (Wildman–Crippen MR) is 74.2 cm³/mol. The molecule has 0 atom stereocenters. The second kappa shape index (κ2) is 5.19. The van der Waals surface area contributed by atoms with E-state index < -0.39 is 5.97 Å². The van der Waals surface area contributed by atoms with Crippen LogP contribution in [0.25, 0.3) is 11.0 Å². The standard InChI is InChI=1S/C16H16O3/c1-10(2)6-4-7-12-8-5-9-13-14(12)11(3)15(19-13)16(17)18/h5,8-10H,6H2,1-3H3,(H,17,18). The molecule has 0 radical (unpaired) electrons. The molecular weight excluding hydrogens is 240 g/mol. The van der Waals surface area contributed by atoms with Crippen LogP contribution >= 0.6 is 0 Å². The molecule has 0 fully saturated rings. The maximum atomic E-state index is 11.1. The number of furan rings is 1. The van der Waals surface area contributed by atoms with Crippen LogP contribution in [0.1, 0.15) is 41.9 Å². The molecule has 1 heterocycles. The van der Waals surface area contributed by atoms with Crippen LogP contribution in [0, 0.1) is 24.7 Å². The summed E-state index contributed by atoms with van der Waals surface area (Å²) in [5.74, 6) is 5.70. The van der Waals surface area contributed by atoms with E-state index in [1.165, 1.54) is 0 Å². The van der Waals surface area contributed by atoms with Crippen LogP contribution in [0.4, 0.5) is 0 Å². The van der Waals surface area contributed by atoms with E-state index >= 15 is 0 Å². The van der Waals surface area contributed by atoms with Crippen molar-refractivity contribution in [1.29, 1.82) is 0 Å². The Hall–Kier alpha value is -2.21. The van der Waals surface area contributed by atoms with E-state index in [0.29, 0.717) is 17.1 Å². The topological polar surface area (TPSA) is 50.4 Å². The zero-order valence-corrected chi connectivity index (χ0v) is 11.3. The Morgan fingerprint density at radius 3 is 2.79 bits per heavy atom. The zero-order valence-electron chi connectivity index (χ0n) is 11.3. The minimum Gasteiger partial charge on any atom is -0.475 e. The summed E-state index contributed by atoms with van der Waals surface area (Å²) in [5.41, 5.74) is 2.04. The van der Waals surface area contributed by atoms with Crippen molar-refractivity contribution in [2.75, 3.05) is 0 Å². The summed E-state index contributed by atoms with van der Waals surface area (Å²) in [6.07, 6.45) is 0.819. The Bertz CT molecular complexity index is 681. The van der Waals surface area contributed by atoms with Gasteiger partial charge in [0, 0.05) is 22.9 Å². The average molecular weight is 256 g/mol. The highest BCUT2D eigenvalue weighted by atomic mass is 16.4. The number of carboxylic acids is 1. The SMILES string of the molecule is Cc1c(C(=O)O)oc2cccc(C#CCC(C)C)c12. The zero-order chi connectivity index (χ0) is 14.0. The Morgan fingerprint density at radius 1 is 1.42 bits per heavy atom. The van der Waals surface area contributed by atoms with Gasteiger partial charge in [0.15, 0.2) is 0 Å². The van der Waals surface area contributed by atoms with Gasteiger partial charge in [-0.05, 0) is 25.0 Å². The number of carbonyl (C=O) groups is 1. The van der Waals surface area contributed by atoms with Gasteiger partial charge in [-0.3, -0.25) is 0 Å².